The first-order valence-electron chi connectivity index (χ1n) is 8.16. The summed E-state index contributed by atoms with van der Waals surface area (Å²) >= 11 is 0. The van der Waals surface area contributed by atoms with Crippen LogP contribution in [0, 0.1) is 6.92 Å². The third-order valence-electron chi connectivity index (χ3n) is 4.36. The number of hydrogen-bond acceptors (Lipinski definition) is 8. The maximum absolute atomic E-state index is 12.3. The van der Waals surface area contributed by atoms with E-state index in [2.05, 4.69) is 25.8 Å². The standard InChI is InChI=1S/C16H21N5O4/c1-9-12(7-23)15(21-25-9)16(24)20-11-4-10(5-11)13-6-14(17-2-3-22)19-8-18-13/h6,8,10-11,22-23H,2-5,7H2,1H3,(H,20,24)(H,17,18,19). The van der Waals surface area contributed by atoms with Crippen molar-refractivity contribution in [1.29, 1.82) is 0 Å². The van der Waals surface area contributed by atoms with E-state index in [-0.39, 0.29) is 36.8 Å². The van der Waals surface area contributed by atoms with Gasteiger partial charge in [-0.3, -0.25) is 4.79 Å². The molecule has 2 aromatic rings. The molecular formula is C16H21N5O4. The Balaban J connectivity index is 1.55. The second-order valence-electron chi connectivity index (χ2n) is 6.04. The third kappa shape index (κ3) is 3.77. The number of hydrogen-bond donors (Lipinski definition) is 4. The van der Waals surface area contributed by atoms with Crippen molar-refractivity contribution in [3.05, 3.63) is 35.1 Å². The first-order valence-corrected chi connectivity index (χ1v) is 8.16. The van der Waals surface area contributed by atoms with E-state index >= 15 is 0 Å². The molecule has 0 saturated heterocycles. The van der Waals surface area contributed by atoms with E-state index < -0.39 is 0 Å². The number of aryl methyl sites for hydroxylation is 1. The molecule has 1 saturated carbocycles. The molecule has 3 rings (SSSR count). The Bertz CT molecular complexity index is 742. The highest BCUT2D eigenvalue weighted by Gasteiger charge is 2.33. The summed E-state index contributed by atoms with van der Waals surface area (Å²) in [5.41, 5.74) is 1.47. The van der Waals surface area contributed by atoms with E-state index in [9.17, 15) is 9.90 Å². The average Bonchev–Trinajstić information content (AvgIpc) is 2.96. The van der Waals surface area contributed by atoms with Crippen LogP contribution in [0.2, 0.25) is 0 Å². The van der Waals surface area contributed by atoms with Crippen LogP contribution in [-0.2, 0) is 6.61 Å². The molecule has 4 N–H and O–H groups in total. The lowest BCUT2D eigenvalue weighted by atomic mass is 9.78. The Morgan fingerprint density at radius 1 is 1.36 bits per heavy atom. The number of aliphatic hydroxyl groups is 2. The van der Waals surface area contributed by atoms with Gasteiger partial charge in [0.1, 0.15) is 17.9 Å². The first-order chi connectivity index (χ1) is 12.1. The predicted molar refractivity (Wildman–Crippen MR) is 88.0 cm³/mol. The van der Waals surface area contributed by atoms with Crippen molar-refractivity contribution in [1.82, 2.24) is 20.4 Å². The number of nitrogens with zero attached hydrogens (tertiary/aromatic N) is 3. The molecule has 2 aromatic heterocycles. The zero-order valence-electron chi connectivity index (χ0n) is 13.9. The zero-order valence-corrected chi connectivity index (χ0v) is 13.9. The highest BCUT2D eigenvalue weighted by molar-refractivity contribution is 5.94. The van der Waals surface area contributed by atoms with Crippen molar-refractivity contribution in [3.8, 4) is 0 Å². The molecule has 9 heteroatoms. The topological polar surface area (TPSA) is 133 Å². The summed E-state index contributed by atoms with van der Waals surface area (Å²) in [7, 11) is 0. The van der Waals surface area contributed by atoms with Gasteiger partial charge in [0.25, 0.3) is 5.91 Å². The number of carbonyl (C=O) groups is 1. The van der Waals surface area contributed by atoms with Crippen LogP contribution in [0.3, 0.4) is 0 Å². The molecule has 0 spiro atoms. The first kappa shape index (κ1) is 17.3. The minimum Gasteiger partial charge on any atom is -0.395 e. The Labute approximate surface area is 144 Å². The van der Waals surface area contributed by atoms with Gasteiger partial charge in [-0.2, -0.15) is 0 Å². The third-order valence-corrected chi connectivity index (χ3v) is 4.36. The zero-order chi connectivity index (χ0) is 17.8. The Morgan fingerprint density at radius 3 is 2.88 bits per heavy atom. The van der Waals surface area contributed by atoms with Gasteiger partial charge in [-0.15, -0.1) is 0 Å². The molecular weight excluding hydrogens is 326 g/mol. The van der Waals surface area contributed by atoms with Crippen LogP contribution in [0.1, 0.15) is 46.3 Å². The van der Waals surface area contributed by atoms with E-state index in [0.717, 1.165) is 18.5 Å². The number of nitrogens with one attached hydrogen (secondary N) is 2. The molecule has 9 nitrogen and oxygen atoms in total. The van der Waals surface area contributed by atoms with E-state index in [0.29, 0.717) is 23.7 Å². The van der Waals surface area contributed by atoms with Crippen LogP contribution < -0.4 is 10.6 Å². The van der Waals surface area contributed by atoms with Gasteiger partial charge in [0, 0.05) is 30.3 Å². The van der Waals surface area contributed by atoms with E-state index in [1.165, 1.54) is 6.33 Å². The molecule has 0 aliphatic heterocycles. The van der Waals surface area contributed by atoms with Crippen LogP contribution in [-0.4, -0.2) is 50.4 Å². The van der Waals surface area contributed by atoms with Crippen molar-refractivity contribution < 1.29 is 19.5 Å². The van der Waals surface area contributed by atoms with Crippen molar-refractivity contribution >= 4 is 11.7 Å². The molecule has 1 aliphatic carbocycles. The lowest BCUT2D eigenvalue weighted by molar-refractivity contribution is 0.0896. The van der Waals surface area contributed by atoms with Crippen LogP contribution in [0.25, 0.3) is 0 Å². The van der Waals surface area contributed by atoms with Crippen molar-refractivity contribution in [2.75, 3.05) is 18.5 Å². The monoisotopic (exact) mass is 347 g/mol. The number of aliphatic hydroxyl groups excluding tert-OH is 2. The Hall–Kier alpha value is -2.52. The van der Waals surface area contributed by atoms with E-state index in [1.54, 1.807) is 6.92 Å². The van der Waals surface area contributed by atoms with Gasteiger partial charge in [-0.1, -0.05) is 5.16 Å². The maximum Gasteiger partial charge on any atom is 0.274 e. The molecule has 134 valence electrons. The molecule has 1 amide bonds. The Kier molecular flexibility index (Phi) is 5.25. The summed E-state index contributed by atoms with van der Waals surface area (Å²) in [5.74, 6) is 1.04. The molecule has 0 aromatic carbocycles. The van der Waals surface area contributed by atoms with Crippen molar-refractivity contribution in [3.63, 3.8) is 0 Å². The van der Waals surface area contributed by atoms with Gasteiger partial charge in [0.05, 0.1) is 18.8 Å². The van der Waals surface area contributed by atoms with Gasteiger partial charge in [0.2, 0.25) is 0 Å². The molecule has 2 heterocycles. The lowest BCUT2D eigenvalue weighted by Crippen LogP contribution is -2.44. The molecule has 25 heavy (non-hydrogen) atoms. The second kappa shape index (κ2) is 7.58. The van der Waals surface area contributed by atoms with Crippen LogP contribution in [0.5, 0.6) is 0 Å². The fourth-order valence-electron chi connectivity index (χ4n) is 2.86. The summed E-state index contributed by atoms with van der Waals surface area (Å²) in [5, 5.41) is 27.8. The van der Waals surface area contributed by atoms with Crippen molar-refractivity contribution in [2.45, 2.75) is 38.3 Å². The van der Waals surface area contributed by atoms with Crippen LogP contribution >= 0.6 is 0 Å². The largest absolute Gasteiger partial charge is 0.395 e. The number of aromatic nitrogens is 3. The number of anilines is 1. The van der Waals surface area contributed by atoms with E-state index in [4.69, 9.17) is 9.63 Å². The highest BCUT2D eigenvalue weighted by atomic mass is 16.5. The SMILES string of the molecule is Cc1onc(C(=O)NC2CC(c3cc(NCCO)ncn3)C2)c1CO. The molecule has 0 bridgehead atoms. The molecule has 0 radical (unpaired) electrons. The predicted octanol–water partition coefficient (Wildman–Crippen LogP) is 0.346. The fourth-order valence-corrected chi connectivity index (χ4v) is 2.86. The maximum atomic E-state index is 12.3. The highest BCUT2D eigenvalue weighted by Crippen LogP contribution is 2.36. The Morgan fingerprint density at radius 2 is 2.16 bits per heavy atom. The number of rotatable bonds is 7. The number of amides is 1. The second-order valence-corrected chi connectivity index (χ2v) is 6.04. The lowest BCUT2D eigenvalue weighted by Gasteiger charge is -2.35. The van der Waals surface area contributed by atoms with Gasteiger partial charge in [-0.25, -0.2) is 9.97 Å². The summed E-state index contributed by atoms with van der Waals surface area (Å²) in [6.07, 6.45) is 3.04. The molecule has 0 unspecified atom stereocenters. The summed E-state index contributed by atoms with van der Waals surface area (Å²) in [6, 6.07) is 1.90. The van der Waals surface area contributed by atoms with Gasteiger partial charge >= 0.3 is 0 Å². The van der Waals surface area contributed by atoms with Crippen LogP contribution in [0.15, 0.2) is 16.9 Å². The fraction of sp³-hybridized carbons (Fsp3) is 0.500. The minimum absolute atomic E-state index is 0.0323. The smallest absolute Gasteiger partial charge is 0.274 e. The quantitative estimate of drug-likeness (QED) is 0.564. The average molecular weight is 347 g/mol. The molecule has 1 aliphatic rings. The summed E-state index contributed by atoms with van der Waals surface area (Å²) in [4.78, 5) is 20.6. The molecule has 0 atom stereocenters. The van der Waals surface area contributed by atoms with Crippen LogP contribution in [0.4, 0.5) is 5.82 Å². The van der Waals surface area contributed by atoms with E-state index in [1.807, 2.05) is 6.07 Å². The van der Waals surface area contributed by atoms with Crippen molar-refractivity contribution in [2.24, 2.45) is 0 Å². The van der Waals surface area contributed by atoms with Gasteiger partial charge in [-0.05, 0) is 19.8 Å². The minimum atomic E-state index is -0.336. The summed E-state index contributed by atoms with van der Waals surface area (Å²) in [6.45, 7) is 1.85. The molecule has 1 fully saturated rings. The summed E-state index contributed by atoms with van der Waals surface area (Å²) < 4.78 is 4.96. The number of carbonyl (C=O) groups excluding carboxylic acids is 1. The van der Waals surface area contributed by atoms with Gasteiger partial charge in [0.15, 0.2) is 5.69 Å². The normalized spacial score (nSPS) is 19.3. The van der Waals surface area contributed by atoms with Gasteiger partial charge < -0.3 is 25.4 Å².